The Balaban J connectivity index is 2.03. The van der Waals surface area contributed by atoms with Crippen molar-refractivity contribution in [3.63, 3.8) is 0 Å². The first kappa shape index (κ1) is 19.5. The molecule has 1 aromatic carbocycles. The van der Waals surface area contributed by atoms with Crippen molar-refractivity contribution in [1.29, 1.82) is 0 Å². The molecule has 146 valence electrons. The van der Waals surface area contributed by atoms with Gasteiger partial charge >= 0.3 is 0 Å². The van der Waals surface area contributed by atoms with E-state index in [1.54, 1.807) is 6.07 Å². The third-order valence-corrected chi connectivity index (χ3v) is 4.20. The second-order valence-corrected chi connectivity index (χ2v) is 6.83. The summed E-state index contributed by atoms with van der Waals surface area (Å²) in [6.07, 6.45) is 2.80. The van der Waals surface area contributed by atoms with E-state index in [1.165, 1.54) is 30.6 Å². The highest BCUT2D eigenvalue weighted by molar-refractivity contribution is 5.90. The van der Waals surface area contributed by atoms with Gasteiger partial charge in [-0.1, -0.05) is 19.9 Å². The third-order valence-electron chi connectivity index (χ3n) is 4.20. The van der Waals surface area contributed by atoms with Gasteiger partial charge in [-0.25, -0.2) is 13.5 Å². The second kappa shape index (κ2) is 7.41. The van der Waals surface area contributed by atoms with Gasteiger partial charge < -0.3 is 5.32 Å². The lowest BCUT2D eigenvalue weighted by molar-refractivity contribution is -0.117. The number of rotatable bonds is 5. The molecule has 3 rings (SSSR count). The molecule has 1 amide bonds. The molecule has 2 aromatic heterocycles. The van der Waals surface area contributed by atoms with E-state index >= 15 is 0 Å². The van der Waals surface area contributed by atoms with Gasteiger partial charge in [0.15, 0.2) is 0 Å². The van der Waals surface area contributed by atoms with Crippen molar-refractivity contribution < 1.29 is 13.6 Å². The van der Waals surface area contributed by atoms with E-state index in [0.717, 1.165) is 11.6 Å². The van der Waals surface area contributed by atoms with Gasteiger partial charge in [0, 0.05) is 17.9 Å². The number of anilines is 1. The SMILES string of the molecule is CC(C)c1nn(CC(=O)Nc2ccnnc2)c(=O)c2ccc(C(C)(F)F)cc12. The zero-order valence-electron chi connectivity index (χ0n) is 15.6. The minimum atomic E-state index is -3.03. The second-order valence-electron chi connectivity index (χ2n) is 6.83. The molecule has 0 fully saturated rings. The number of benzene rings is 1. The summed E-state index contributed by atoms with van der Waals surface area (Å²) in [6.45, 7) is 4.17. The van der Waals surface area contributed by atoms with Crippen LogP contribution in [-0.4, -0.2) is 25.9 Å². The number of hydrogen-bond donors (Lipinski definition) is 1. The predicted molar refractivity (Wildman–Crippen MR) is 100 cm³/mol. The minimum Gasteiger partial charge on any atom is -0.323 e. The molecular formula is C19H19F2N5O2. The summed E-state index contributed by atoms with van der Waals surface area (Å²) in [5.74, 6) is -3.63. The zero-order valence-corrected chi connectivity index (χ0v) is 15.6. The number of hydrogen-bond acceptors (Lipinski definition) is 5. The molecule has 9 heteroatoms. The van der Waals surface area contributed by atoms with Gasteiger partial charge in [-0.2, -0.15) is 15.3 Å². The Labute approximate surface area is 159 Å². The Morgan fingerprint density at radius 2 is 1.96 bits per heavy atom. The number of carbonyl (C=O) groups excluding carboxylic acids is 1. The molecule has 0 saturated heterocycles. The van der Waals surface area contributed by atoms with E-state index in [9.17, 15) is 18.4 Å². The fourth-order valence-electron chi connectivity index (χ4n) is 2.82. The molecule has 0 unspecified atom stereocenters. The topological polar surface area (TPSA) is 89.8 Å². The van der Waals surface area contributed by atoms with E-state index in [1.807, 2.05) is 13.8 Å². The number of carbonyl (C=O) groups is 1. The van der Waals surface area contributed by atoms with Crippen LogP contribution in [0.1, 0.15) is 37.9 Å². The smallest absolute Gasteiger partial charge is 0.275 e. The highest BCUT2D eigenvalue weighted by Gasteiger charge is 2.26. The Bertz CT molecular complexity index is 1080. The van der Waals surface area contributed by atoms with E-state index in [2.05, 4.69) is 20.6 Å². The van der Waals surface area contributed by atoms with Gasteiger partial charge in [0.1, 0.15) is 6.54 Å². The first-order chi connectivity index (χ1) is 13.2. The molecule has 0 spiro atoms. The van der Waals surface area contributed by atoms with Crippen LogP contribution in [0.15, 0.2) is 41.5 Å². The molecule has 0 radical (unpaired) electrons. The fourth-order valence-corrected chi connectivity index (χ4v) is 2.82. The highest BCUT2D eigenvalue weighted by atomic mass is 19.3. The van der Waals surface area contributed by atoms with Crippen molar-refractivity contribution in [1.82, 2.24) is 20.0 Å². The van der Waals surface area contributed by atoms with Gasteiger partial charge in [-0.05, 0) is 24.1 Å². The molecular weight excluding hydrogens is 368 g/mol. The molecule has 0 saturated carbocycles. The predicted octanol–water partition coefficient (Wildman–Crippen LogP) is 3.06. The standard InChI is InChI=1S/C19H19F2N5O2/c1-11(2)17-15-8-12(19(3,20)21)4-5-14(15)18(28)26(25-17)10-16(27)24-13-6-7-22-23-9-13/h4-9,11H,10H2,1-3H3,(H,22,24,27). The average Bonchev–Trinajstić information content (AvgIpc) is 2.63. The van der Waals surface area contributed by atoms with E-state index in [0.29, 0.717) is 16.8 Å². The summed E-state index contributed by atoms with van der Waals surface area (Å²) >= 11 is 0. The van der Waals surface area contributed by atoms with Gasteiger partial charge in [-0.3, -0.25) is 9.59 Å². The Morgan fingerprint density at radius 3 is 2.57 bits per heavy atom. The molecule has 0 aliphatic rings. The summed E-state index contributed by atoms with van der Waals surface area (Å²) < 4.78 is 28.5. The van der Waals surface area contributed by atoms with E-state index < -0.39 is 17.4 Å². The van der Waals surface area contributed by atoms with Gasteiger partial charge in [0.05, 0.1) is 29.2 Å². The Kier molecular flexibility index (Phi) is 5.17. The molecule has 2 heterocycles. The summed E-state index contributed by atoms with van der Waals surface area (Å²) in [7, 11) is 0. The number of nitrogens with zero attached hydrogens (tertiary/aromatic N) is 4. The number of amides is 1. The van der Waals surface area contributed by atoms with Crippen LogP contribution in [0.4, 0.5) is 14.5 Å². The van der Waals surface area contributed by atoms with Crippen LogP contribution in [0.25, 0.3) is 10.8 Å². The molecule has 0 aliphatic heterocycles. The number of aromatic nitrogens is 4. The summed E-state index contributed by atoms with van der Waals surface area (Å²) in [6, 6.07) is 5.44. The number of nitrogens with one attached hydrogen (secondary N) is 1. The van der Waals surface area contributed by atoms with Crippen molar-refractivity contribution in [2.45, 2.75) is 39.2 Å². The lowest BCUT2D eigenvalue weighted by Crippen LogP contribution is -2.31. The molecule has 28 heavy (non-hydrogen) atoms. The maximum absolute atomic E-state index is 13.7. The monoisotopic (exact) mass is 387 g/mol. The quantitative estimate of drug-likeness (QED) is 0.727. The first-order valence-electron chi connectivity index (χ1n) is 8.66. The van der Waals surface area contributed by atoms with Crippen molar-refractivity contribution in [3.05, 3.63) is 58.3 Å². The Morgan fingerprint density at radius 1 is 1.21 bits per heavy atom. The minimum absolute atomic E-state index is 0.137. The maximum Gasteiger partial charge on any atom is 0.275 e. The first-order valence-corrected chi connectivity index (χ1v) is 8.66. The van der Waals surface area contributed by atoms with Crippen molar-refractivity contribution in [2.75, 3.05) is 5.32 Å². The number of halogens is 2. The lowest BCUT2D eigenvalue weighted by atomic mass is 9.99. The molecule has 1 N–H and O–H groups in total. The highest BCUT2D eigenvalue weighted by Crippen LogP contribution is 2.31. The largest absolute Gasteiger partial charge is 0.323 e. The van der Waals surface area contributed by atoms with E-state index in [-0.39, 0.29) is 23.4 Å². The van der Waals surface area contributed by atoms with Crippen LogP contribution in [0.5, 0.6) is 0 Å². The Hall–Kier alpha value is -3.23. The molecule has 0 bridgehead atoms. The third kappa shape index (κ3) is 4.03. The summed E-state index contributed by atoms with van der Waals surface area (Å²) in [4.78, 5) is 25.0. The number of fused-ring (bicyclic) bond motifs is 1. The van der Waals surface area contributed by atoms with Crippen LogP contribution in [0, 0.1) is 0 Å². The van der Waals surface area contributed by atoms with Crippen LogP contribution in [0.3, 0.4) is 0 Å². The van der Waals surface area contributed by atoms with Gasteiger partial charge in [0.2, 0.25) is 5.91 Å². The van der Waals surface area contributed by atoms with Crippen LogP contribution >= 0.6 is 0 Å². The van der Waals surface area contributed by atoms with Gasteiger partial charge in [0.25, 0.3) is 11.5 Å². The average molecular weight is 387 g/mol. The van der Waals surface area contributed by atoms with Gasteiger partial charge in [-0.15, -0.1) is 0 Å². The molecule has 3 aromatic rings. The van der Waals surface area contributed by atoms with Crippen molar-refractivity contribution in [2.24, 2.45) is 0 Å². The van der Waals surface area contributed by atoms with Crippen LogP contribution in [-0.2, 0) is 17.3 Å². The fraction of sp³-hybridized carbons (Fsp3) is 0.316. The maximum atomic E-state index is 13.7. The summed E-state index contributed by atoms with van der Waals surface area (Å²) in [5.41, 5.74) is 0.198. The van der Waals surface area contributed by atoms with Crippen molar-refractivity contribution >= 4 is 22.4 Å². The summed E-state index contributed by atoms with van der Waals surface area (Å²) in [5, 5.41) is 14.8. The number of alkyl halides is 2. The normalized spacial score (nSPS) is 11.8. The van der Waals surface area contributed by atoms with Crippen LogP contribution in [0.2, 0.25) is 0 Å². The lowest BCUT2D eigenvalue weighted by Gasteiger charge is -2.16. The molecule has 0 atom stereocenters. The van der Waals surface area contributed by atoms with E-state index in [4.69, 9.17) is 0 Å². The zero-order chi connectivity index (χ0) is 20.5. The molecule has 0 aliphatic carbocycles. The van der Waals surface area contributed by atoms with Crippen LogP contribution < -0.4 is 10.9 Å². The van der Waals surface area contributed by atoms with Crippen molar-refractivity contribution in [3.8, 4) is 0 Å². The molecule has 7 nitrogen and oxygen atoms in total.